The van der Waals surface area contributed by atoms with E-state index < -0.39 is 6.04 Å². The molecule has 0 fully saturated rings. The smallest absolute Gasteiger partial charge is 0.138 e. The zero-order valence-electron chi connectivity index (χ0n) is 11.3. The second kappa shape index (κ2) is 4.94. The molecule has 0 spiro atoms. The molecule has 0 aliphatic heterocycles. The Balaban J connectivity index is 2.04. The van der Waals surface area contributed by atoms with Gasteiger partial charge in [-0.1, -0.05) is 0 Å². The molecule has 3 aromatic rings. The van der Waals surface area contributed by atoms with E-state index in [1.165, 1.54) is 0 Å². The van der Waals surface area contributed by atoms with Crippen molar-refractivity contribution >= 4 is 11.0 Å². The first kappa shape index (κ1) is 12.6. The summed E-state index contributed by atoms with van der Waals surface area (Å²) in [5, 5.41) is 0.984. The van der Waals surface area contributed by atoms with E-state index in [2.05, 4.69) is 9.97 Å². The molecule has 3 rings (SSSR count). The standard InChI is InChI=1S/C15H15N3O2/c1-9-15(18-6-5-17-9)14(16)13-7-10-3-4-11(19-2)8-12(10)20-13/h3-8,14H,16H2,1-2H3. The molecule has 1 unspecified atom stereocenters. The predicted molar refractivity (Wildman–Crippen MR) is 75.6 cm³/mol. The Morgan fingerprint density at radius 1 is 1.20 bits per heavy atom. The molecule has 1 aromatic carbocycles. The number of aryl methyl sites for hydroxylation is 1. The maximum atomic E-state index is 6.22. The maximum absolute atomic E-state index is 6.22. The zero-order chi connectivity index (χ0) is 14.1. The van der Waals surface area contributed by atoms with Crippen molar-refractivity contribution in [1.29, 1.82) is 0 Å². The Hall–Kier alpha value is -2.40. The lowest BCUT2D eigenvalue weighted by Crippen LogP contribution is -2.14. The van der Waals surface area contributed by atoms with Crippen LogP contribution in [-0.4, -0.2) is 17.1 Å². The van der Waals surface area contributed by atoms with Crippen LogP contribution in [-0.2, 0) is 0 Å². The minimum Gasteiger partial charge on any atom is -0.497 e. The number of nitrogens with zero attached hydrogens (tertiary/aromatic N) is 2. The van der Waals surface area contributed by atoms with Crippen LogP contribution in [0.2, 0.25) is 0 Å². The first-order valence-corrected chi connectivity index (χ1v) is 6.29. The topological polar surface area (TPSA) is 74.2 Å². The van der Waals surface area contributed by atoms with E-state index in [-0.39, 0.29) is 0 Å². The van der Waals surface area contributed by atoms with E-state index in [0.717, 1.165) is 28.1 Å². The molecule has 2 N–H and O–H groups in total. The van der Waals surface area contributed by atoms with E-state index in [9.17, 15) is 0 Å². The van der Waals surface area contributed by atoms with Gasteiger partial charge in [-0.2, -0.15) is 0 Å². The number of aromatic nitrogens is 2. The van der Waals surface area contributed by atoms with E-state index in [1.807, 2.05) is 31.2 Å². The molecule has 0 aliphatic carbocycles. The number of fused-ring (bicyclic) bond motifs is 1. The lowest BCUT2D eigenvalue weighted by Gasteiger charge is -2.09. The van der Waals surface area contributed by atoms with E-state index in [0.29, 0.717) is 5.76 Å². The van der Waals surface area contributed by atoms with Crippen LogP contribution in [0.25, 0.3) is 11.0 Å². The van der Waals surface area contributed by atoms with Crippen molar-refractivity contribution < 1.29 is 9.15 Å². The van der Waals surface area contributed by atoms with Crippen molar-refractivity contribution in [2.45, 2.75) is 13.0 Å². The van der Waals surface area contributed by atoms with Crippen molar-refractivity contribution in [2.75, 3.05) is 7.11 Å². The van der Waals surface area contributed by atoms with Gasteiger partial charge in [0, 0.05) is 23.8 Å². The molecular formula is C15H15N3O2. The fourth-order valence-corrected chi connectivity index (χ4v) is 2.17. The highest BCUT2D eigenvalue weighted by atomic mass is 16.5. The molecular weight excluding hydrogens is 254 g/mol. The van der Waals surface area contributed by atoms with Gasteiger partial charge in [-0.05, 0) is 25.1 Å². The highest BCUT2D eigenvalue weighted by Gasteiger charge is 2.18. The number of rotatable bonds is 3. The maximum Gasteiger partial charge on any atom is 0.138 e. The molecule has 2 heterocycles. The third-order valence-corrected chi connectivity index (χ3v) is 3.27. The summed E-state index contributed by atoms with van der Waals surface area (Å²) in [4.78, 5) is 8.49. The Bertz CT molecular complexity index is 752. The van der Waals surface area contributed by atoms with Gasteiger partial charge >= 0.3 is 0 Å². The molecule has 102 valence electrons. The molecule has 1 atom stereocenters. The number of methoxy groups -OCH3 is 1. The number of furan rings is 1. The molecule has 0 radical (unpaired) electrons. The lowest BCUT2D eigenvalue weighted by atomic mass is 10.1. The third kappa shape index (κ3) is 2.12. The van der Waals surface area contributed by atoms with E-state index in [1.54, 1.807) is 19.5 Å². The van der Waals surface area contributed by atoms with Gasteiger partial charge in [0.05, 0.1) is 18.5 Å². The van der Waals surface area contributed by atoms with Crippen LogP contribution in [0.15, 0.2) is 41.1 Å². The minimum atomic E-state index is -0.429. The summed E-state index contributed by atoms with van der Waals surface area (Å²) < 4.78 is 11.0. The van der Waals surface area contributed by atoms with Gasteiger partial charge in [0.2, 0.25) is 0 Å². The molecule has 0 amide bonds. The number of ether oxygens (including phenoxy) is 1. The predicted octanol–water partition coefficient (Wildman–Crippen LogP) is 2.59. The van der Waals surface area contributed by atoms with Crippen molar-refractivity contribution in [1.82, 2.24) is 9.97 Å². The van der Waals surface area contributed by atoms with Crippen molar-refractivity contribution in [3.05, 3.63) is 53.8 Å². The van der Waals surface area contributed by atoms with Crippen LogP contribution in [0.5, 0.6) is 5.75 Å². The SMILES string of the molecule is COc1ccc2cc(C(N)c3nccnc3C)oc2c1. The van der Waals surface area contributed by atoms with Crippen LogP contribution >= 0.6 is 0 Å². The zero-order valence-corrected chi connectivity index (χ0v) is 11.3. The normalized spacial score (nSPS) is 12.6. The molecule has 0 saturated heterocycles. The highest BCUT2D eigenvalue weighted by Crippen LogP contribution is 2.29. The first-order valence-electron chi connectivity index (χ1n) is 6.29. The van der Waals surface area contributed by atoms with Crippen LogP contribution in [0.1, 0.15) is 23.2 Å². The molecule has 2 aromatic heterocycles. The average molecular weight is 269 g/mol. The second-order valence-corrected chi connectivity index (χ2v) is 4.56. The number of hydrogen-bond donors (Lipinski definition) is 1. The van der Waals surface area contributed by atoms with Crippen LogP contribution in [0.3, 0.4) is 0 Å². The second-order valence-electron chi connectivity index (χ2n) is 4.56. The molecule has 20 heavy (non-hydrogen) atoms. The Morgan fingerprint density at radius 2 is 2.00 bits per heavy atom. The summed E-state index contributed by atoms with van der Waals surface area (Å²) in [6.45, 7) is 1.88. The van der Waals surface area contributed by atoms with Crippen LogP contribution in [0.4, 0.5) is 0 Å². The van der Waals surface area contributed by atoms with Crippen molar-refractivity contribution in [3.63, 3.8) is 0 Å². The molecule has 5 nitrogen and oxygen atoms in total. The molecule has 0 saturated carbocycles. The van der Waals surface area contributed by atoms with Gasteiger partial charge < -0.3 is 14.9 Å². The summed E-state index contributed by atoms with van der Waals surface area (Å²) in [7, 11) is 1.62. The van der Waals surface area contributed by atoms with Crippen LogP contribution < -0.4 is 10.5 Å². The Labute approximate surface area is 116 Å². The summed E-state index contributed by atoms with van der Waals surface area (Å²) in [6, 6.07) is 7.17. The van der Waals surface area contributed by atoms with E-state index in [4.69, 9.17) is 14.9 Å². The summed E-state index contributed by atoms with van der Waals surface area (Å²) in [6.07, 6.45) is 3.28. The summed E-state index contributed by atoms with van der Waals surface area (Å²) in [5.41, 5.74) is 8.50. The van der Waals surface area contributed by atoms with Crippen LogP contribution in [0, 0.1) is 6.92 Å². The number of hydrogen-bond acceptors (Lipinski definition) is 5. The quantitative estimate of drug-likeness (QED) is 0.791. The number of nitrogens with two attached hydrogens (primary N) is 1. The molecule has 0 aliphatic rings. The fraction of sp³-hybridized carbons (Fsp3) is 0.200. The Kier molecular flexibility index (Phi) is 3.12. The molecule has 5 heteroatoms. The lowest BCUT2D eigenvalue weighted by molar-refractivity contribution is 0.414. The van der Waals surface area contributed by atoms with Gasteiger partial charge in [-0.3, -0.25) is 9.97 Å². The third-order valence-electron chi connectivity index (χ3n) is 3.27. The largest absolute Gasteiger partial charge is 0.497 e. The first-order chi connectivity index (χ1) is 9.69. The monoisotopic (exact) mass is 269 g/mol. The van der Waals surface area contributed by atoms with Crippen molar-refractivity contribution in [2.24, 2.45) is 5.73 Å². The van der Waals surface area contributed by atoms with Gasteiger partial charge in [-0.25, -0.2) is 0 Å². The van der Waals surface area contributed by atoms with Crippen molar-refractivity contribution in [3.8, 4) is 5.75 Å². The molecule has 0 bridgehead atoms. The van der Waals surface area contributed by atoms with Gasteiger partial charge in [0.25, 0.3) is 0 Å². The van der Waals surface area contributed by atoms with Gasteiger partial charge in [-0.15, -0.1) is 0 Å². The fourth-order valence-electron chi connectivity index (χ4n) is 2.17. The van der Waals surface area contributed by atoms with Gasteiger partial charge in [0.1, 0.15) is 23.1 Å². The van der Waals surface area contributed by atoms with E-state index >= 15 is 0 Å². The highest BCUT2D eigenvalue weighted by molar-refractivity contribution is 5.79. The Morgan fingerprint density at radius 3 is 2.75 bits per heavy atom. The summed E-state index contributed by atoms with van der Waals surface area (Å²) >= 11 is 0. The summed E-state index contributed by atoms with van der Waals surface area (Å²) in [5.74, 6) is 1.42. The van der Waals surface area contributed by atoms with Gasteiger partial charge in [0.15, 0.2) is 0 Å². The number of benzene rings is 1. The average Bonchev–Trinajstić information content (AvgIpc) is 2.89. The minimum absolute atomic E-state index is 0.429.